The molecule has 0 spiro atoms. The predicted octanol–water partition coefficient (Wildman–Crippen LogP) is 1.63. The third-order valence-electron chi connectivity index (χ3n) is 2.83. The van der Waals surface area contributed by atoms with Crippen LogP contribution in [0.4, 0.5) is 0 Å². The Morgan fingerprint density at radius 1 is 1.53 bits per heavy atom. The first kappa shape index (κ1) is 13.6. The summed E-state index contributed by atoms with van der Waals surface area (Å²) in [6.45, 7) is 4.64. The molecule has 0 saturated heterocycles. The van der Waals surface area contributed by atoms with E-state index in [1.165, 1.54) is 0 Å². The van der Waals surface area contributed by atoms with Gasteiger partial charge in [0.05, 0.1) is 6.04 Å². The lowest BCUT2D eigenvalue weighted by Gasteiger charge is -2.14. The quantitative estimate of drug-likeness (QED) is 0.787. The van der Waals surface area contributed by atoms with Crippen LogP contribution in [-0.2, 0) is 4.79 Å². The maximum atomic E-state index is 11.7. The zero-order chi connectivity index (χ0) is 12.7. The van der Waals surface area contributed by atoms with Gasteiger partial charge in [0, 0.05) is 18.8 Å². The van der Waals surface area contributed by atoms with Crippen LogP contribution >= 0.6 is 0 Å². The van der Waals surface area contributed by atoms with Crippen molar-refractivity contribution in [2.45, 2.75) is 32.7 Å². The van der Waals surface area contributed by atoms with E-state index in [2.05, 4.69) is 17.2 Å². The Labute approximate surface area is 103 Å². The van der Waals surface area contributed by atoms with Crippen LogP contribution in [0.15, 0.2) is 24.5 Å². The van der Waals surface area contributed by atoms with Crippen molar-refractivity contribution in [3.8, 4) is 0 Å². The molecule has 1 heterocycles. The number of nitrogens with two attached hydrogens (primary N) is 1. The normalized spacial score (nSPS) is 14.1. The lowest BCUT2D eigenvalue weighted by Crippen LogP contribution is -2.27. The van der Waals surface area contributed by atoms with Crippen LogP contribution in [0.2, 0.25) is 0 Å². The van der Waals surface area contributed by atoms with Crippen molar-refractivity contribution < 1.29 is 4.79 Å². The average molecular weight is 235 g/mol. The maximum Gasteiger partial charge on any atom is 0.220 e. The monoisotopic (exact) mass is 235 g/mol. The first-order valence-electron chi connectivity index (χ1n) is 6.02. The second-order valence-electron chi connectivity index (χ2n) is 4.46. The van der Waals surface area contributed by atoms with Crippen molar-refractivity contribution in [2.75, 3.05) is 6.54 Å². The Hall–Kier alpha value is -1.42. The van der Waals surface area contributed by atoms with E-state index in [1.54, 1.807) is 12.4 Å². The largest absolute Gasteiger partial charge is 0.350 e. The van der Waals surface area contributed by atoms with Gasteiger partial charge in [-0.3, -0.25) is 9.78 Å². The number of rotatable bonds is 6. The topological polar surface area (TPSA) is 68.0 Å². The molecule has 94 valence electrons. The molecule has 1 aromatic rings. The molecule has 0 radical (unpaired) electrons. The lowest BCUT2D eigenvalue weighted by atomic mass is 10.1. The minimum atomic E-state index is 0.00406. The van der Waals surface area contributed by atoms with E-state index in [0.29, 0.717) is 18.9 Å². The molecular formula is C13H21N3O. The van der Waals surface area contributed by atoms with Crippen molar-refractivity contribution >= 4 is 5.91 Å². The second kappa shape index (κ2) is 7.01. The van der Waals surface area contributed by atoms with Gasteiger partial charge in [-0.15, -0.1) is 0 Å². The Bertz CT molecular complexity index is 340. The number of pyridine rings is 1. The fourth-order valence-electron chi connectivity index (χ4n) is 1.52. The Kier molecular flexibility index (Phi) is 5.63. The zero-order valence-electron chi connectivity index (χ0n) is 10.5. The highest BCUT2D eigenvalue weighted by atomic mass is 16.1. The Morgan fingerprint density at radius 3 is 2.88 bits per heavy atom. The van der Waals surface area contributed by atoms with E-state index in [0.717, 1.165) is 12.0 Å². The zero-order valence-corrected chi connectivity index (χ0v) is 10.5. The number of aromatic nitrogens is 1. The van der Waals surface area contributed by atoms with Crippen LogP contribution in [0.25, 0.3) is 0 Å². The molecule has 0 aliphatic rings. The van der Waals surface area contributed by atoms with Crippen LogP contribution < -0.4 is 11.1 Å². The van der Waals surface area contributed by atoms with Crippen LogP contribution in [0.1, 0.15) is 38.3 Å². The Balaban J connectivity index is 2.36. The van der Waals surface area contributed by atoms with Gasteiger partial charge >= 0.3 is 0 Å². The molecule has 0 saturated carbocycles. The van der Waals surface area contributed by atoms with Gasteiger partial charge in [0.2, 0.25) is 5.91 Å². The minimum absolute atomic E-state index is 0.00406. The number of nitrogens with zero attached hydrogens (tertiary/aromatic N) is 1. The highest BCUT2D eigenvalue weighted by molar-refractivity contribution is 5.76. The summed E-state index contributed by atoms with van der Waals surface area (Å²) in [6.07, 6.45) is 4.86. The molecule has 2 atom stereocenters. The van der Waals surface area contributed by atoms with Gasteiger partial charge in [0.15, 0.2) is 0 Å². The molecule has 4 nitrogen and oxygen atoms in total. The van der Waals surface area contributed by atoms with Crippen molar-refractivity contribution in [2.24, 2.45) is 11.7 Å². The van der Waals surface area contributed by atoms with Crippen molar-refractivity contribution in [3.63, 3.8) is 0 Å². The van der Waals surface area contributed by atoms with Gasteiger partial charge in [-0.05, 0) is 37.4 Å². The van der Waals surface area contributed by atoms with Crippen molar-refractivity contribution in [1.29, 1.82) is 0 Å². The SMILES string of the molecule is CC(CN)CCC(=O)N[C@@H](C)c1cccnc1. The first-order chi connectivity index (χ1) is 8.13. The third kappa shape index (κ3) is 4.95. The molecule has 1 aromatic heterocycles. The van der Waals surface area contributed by atoms with Gasteiger partial charge in [-0.2, -0.15) is 0 Å². The van der Waals surface area contributed by atoms with Gasteiger partial charge < -0.3 is 11.1 Å². The van der Waals surface area contributed by atoms with E-state index < -0.39 is 0 Å². The molecule has 1 amide bonds. The summed E-state index contributed by atoms with van der Waals surface area (Å²) < 4.78 is 0. The summed E-state index contributed by atoms with van der Waals surface area (Å²) >= 11 is 0. The number of nitrogens with one attached hydrogen (secondary N) is 1. The molecule has 1 rings (SSSR count). The molecular weight excluding hydrogens is 214 g/mol. The van der Waals surface area contributed by atoms with Gasteiger partial charge in [-0.25, -0.2) is 0 Å². The Morgan fingerprint density at radius 2 is 2.29 bits per heavy atom. The molecule has 1 unspecified atom stereocenters. The number of carbonyl (C=O) groups is 1. The summed E-state index contributed by atoms with van der Waals surface area (Å²) in [5, 5.41) is 2.96. The fourth-order valence-corrected chi connectivity index (χ4v) is 1.52. The van der Waals surface area contributed by atoms with E-state index in [9.17, 15) is 4.79 Å². The van der Waals surface area contributed by atoms with Gasteiger partial charge in [-0.1, -0.05) is 13.0 Å². The number of carbonyl (C=O) groups excluding carboxylic acids is 1. The van der Waals surface area contributed by atoms with Gasteiger partial charge in [0.25, 0.3) is 0 Å². The average Bonchev–Trinajstić information content (AvgIpc) is 2.36. The lowest BCUT2D eigenvalue weighted by molar-refractivity contribution is -0.122. The standard InChI is InChI=1S/C13H21N3O/c1-10(8-14)5-6-13(17)16-11(2)12-4-3-7-15-9-12/h3-4,7,9-11H,5-6,8,14H2,1-2H3,(H,16,17)/t10?,11-/m0/s1. The highest BCUT2D eigenvalue weighted by Crippen LogP contribution is 2.11. The molecule has 0 aromatic carbocycles. The van der Waals surface area contributed by atoms with Crippen molar-refractivity contribution in [1.82, 2.24) is 10.3 Å². The van der Waals surface area contributed by atoms with E-state index >= 15 is 0 Å². The molecule has 0 aliphatic carbocycles. The van der Waals surface area contributed by atoms with Crippen LogP contribution in [0.3, 0.4) is 0 Å². The molecule has 4 heteroatoms. The molecule has 0 fully saturated rings. The first-order valence-corrected chi connectivity index (χ1v) is 6.02. The molecule has 3 N–H and O–H groups in total. The van der Waals surface area contributed by atoms with E-state index in [4.69, 9.17) is 5.73 Å². The molecule has 0 aliphatic heterocycles. The van der Waals surface area contributed by atoms with Crippen LogP contribution in [0.5, 0.6) is 0 Å². The van der Waals surface area contributed by atoms with Crippen molar-refractivity contribution in [3.05, 3.63) is 30.1 Å². The number of amides is 1. The predicted molar refractivity (Wildman–Crippen MR) is 68.2 cm³/mol. The van der Waals surface area contributed by atoms with Crippen LogP contribution in [0, 0.1) is 5.92 Å². The smallest absolute Gasteiger partial charge is 0.220 e. The number of hydrogen-bond acceptors (Lipinski definition) is 3. The molecule has 0 bridgehead atoms. The highest BCUT2D eigenvalue weighted by Gasteiger charge is 2.10. The minimum Gasteiger partial charge on any atom is -0.350 e. The summed E-state index contributed by atoms with van der Waals surface area (Å²) in [6, 6.07) is 3.83. The second-order valence-corrected chi connectivity index (χ2v) is 4.46. The third-order valence-corrected chi connectivity index (χ3v) is 2.83. The fraction of sp³-hybridized carbons (Fsp3) is 0.538. The van der Waals surface area contributed by atoms with E-state index in [-0.39, 0.29) is 11.9 Å². The summed E-state index contributed by atoms with van der Waals surface area (Å²) in [4.78, 5) is 15.7. The number of hydrogen-bond donors (Lipinski definition) is 2. The van der Waals surface area contributed by atoms with Gasteiger partial charge in [0.1, 0.15) is 0 Å². The van der Waals surface area contributed by atoms with E-state index in [1.807, 2.05) is 19.1 Å². The molecule has 17 heavy (non-hydrogen) atoms. The summed E-state index contributed by atoms with van der Waals surface area (Å²) in [5.74, 6) is 0.469. The van der Waals surface area contributed by atoms with Crippen LogP contribution in [-0.4, -0.2) is 17.4 Å². The summed E-state index contributed by atoms with van der Waals surface area (Å²) in [7, 11) is 0. The maximum absolute atomic E-state index is 11.7. The summed E-state index contributed by atoms with van der Waals surface area (Å²) in [5.41, 5.74) is 6.53.